The average molecular weight is 282 g/mol. The summed E-state index contributed by atoms with van der Waals surface area (Å²) >= 11 is 7.80. The molecule has 0 aliphatic carbocycles. The Kier molecular flexibility index (Phi) is 4.32. The molecule has 1 aromatic heterocycles. The number of nitrogens with two attached hydrogens (primary N) is 1. The third kappa shape index (κ3) is 3.07. The second-order valence-corrected chi connectivity index (χ2v) is 5.73. The van der Waals surface area contributed by atoms with E-state index in [1.54, 1.807) is 22.6 Å². The Balaban J connectivity index is 2.00. The number of hydrogen-bond acceptors (Lipinski definition) is 3. The lowest BCUT2D eigenvalue weighted by Gasteiger charge is -2.12. The molecule has 0 spiro atoms. The number of nitrogens with zero attached hydrogens (tertiary/aromatic N) is 2. The Morgan fingerprint density at radius 2 is 2.06 bits per heavy atom. The van der Waals surface area contributed by atoms with Crippen LogP contribution in [-0.4, -0.2) is 15.5 Å². The van der Waals surface area contributed by atoms with Crippen molar-refractivity contribution >= 4 is 23.4 Å². The van der Waals surface area contributed by atoms with Crippen molar-refractivity contribution in [1.82, 2.24) is 9.78 Å². The molecule has 2 rings (SSSR count). The van der Waals surface area contributed by atoms with E-state index in [2.05, 4.69) is 36.3 Å². The van der Waals surface area contributed by atoms with E-state index in [1.165, 1.54) is 10.5 Å². The van der Waals surface area contributed by atoms with Crippen LogP contribution in [0.5, 0.6) is 0 Å². The summed E-state index contributed by atoms with van der Waals surface area (Å²) in [5, 5.41) is 4.73. The lowest BCUT2D eigenvalue weighted by molar-refractivity contribution is 0.659. The summed E-state index contributed by atoms with van der Waals surface area (Å²) in [6, 6.07) is 8.31. The lowest BCUT2D eigenvalue weighted by Crippen LogP contribution is -2.17. The van der Waals surface area contributed by atoms with Crippen LogP contribution in [0.15, 0.2) is 35.4 Å². The number of benzene rings is 1. The van der Waals surface area contributed by atoms with Crippen molar-refractivity contribution < 1.29 is 0 Å². The first-order valence-electron chi connectivity index (χ1n) is 5.70. The summed E-state index contributed by atoms with van der Waals surface area (Å²) in [6.07, 6.45) is 1.63. The minimum Gasteiger partial charge on any atom is -0.322 e. The van der Waals surface area contributed by atoms with Gasteiger partial charge >= 0.3 is 0 Å². The topological polar surface area (TPSA) is 43.8 Å². The molecular formula is C13H16ClN3S. The van der Waals surface area contributed by atoms with Gasteiger partial charge in [0.25, 0.3) is 0 Å². The second kappa shape index (κ2) is 5.78. The summed E-state index contributed by atoms with van der Waals surface area (Å²) in [5.74, 6) is 0.780. The van der Waals surface area contributed by atoms with Crippen molar-refractivity contribution in [2.24, 2.45) is 12.8 Å². The highest BCUT2D eigenvalue weighted by molar-refractivity contribution is 7.99. The summed E-state index contributed by atoms with van der Waals surface area (Å²) in [7, 11) is 1.86. The average Bonchev–Trinajstić information content (AvgIpc) is 2.68. The van der Waals surface area contributed by atoms with Crippen molar-refractivity contribution in [2.75, 3.05) is 5.75 Å². The minimum atomic E-state index is -0.115. The van der Waals surface area contributed by atoms with E-state index >= 15 is 0 Å². The van der Waals surface area contributed by atoms with E-state index in [-0.39, 0.29) is 6.04 Å². The summed E-state index contributed by atoms with van der Waals surface area (Å²) in [5.41, 5.74) is 8.30. The molecule has 2 N–H and O–H groups in total. The number of hydrogen-bond donors (Lipinski definition) is 1. The number of aryl methyl sites for hydroxylation is 2. The fourth-order valence-electron chi connectivity index (χ4n) is 1.74. The number of thioether (sulfide) groups is 1. The van der Waals surface area contributed by atoms with Crippen molar-refractivity contribution in [3.63, 3.8) is 0 Å². The Hall–Kier alpha value is -0.970. The highest BCUT2D eigenvalue weighted by atomic mass is 35.5. The number of aromatic nitrogens is 2. The zero-order valence-electron chi connectivity index (χ0n) is 10.4. The predicted molar refractivity (Wildman–Crippen MR) is 77.0 cm³/mol. The molecule has 1 unspecified atom stereocenters. The first kappa shape index (κ1) is 13.5. The Morgan fingerprint density at radius 3 is 2.61 bits per heavy atom. The molecule has 0 bridgehead atoms. The third-order valence-electron chi connectivity index (χ3n) is 2.74. The molecule has 1 heterocycles. The maximum absolute atomic E-state index is 6.15. The van der Waals surface area contributed by atoms with Crippen molar-refractivity contribution in [3.05, 3.63) is 46.7 Å². The van der Waals surface area contributed by atoms with Crippen LogP contribution in [0.25, 0.3) is 0 Å². The quantitative estimate of drug-likeness (QED) is 0.876. The normalized spacial score (nSPS) is 12.7. The zero-order chi connectivity index (χ0) is 13.1. The van der Waals surface area contributed by atoms with Crippen LogP contribution in [-0.2, 0) is 7.05 Å². The van der Waals surface area contributed by atoms with Crippen LogP contribution in [0, 0.1) is 6.92 Å². The van der Waals surface area contributed by atoms with Crippen molar-refractivity contribution in [1.29, 1.82) is 0 Å². The van der Waals surface area contributed by atoms with E-state index in [1.807, 2.05) is 7.05 Å². The summed E-state index contributed by atoms with van der Waals surface area (Å²) < 4.78 is 1.74. The molecule has 0 saturated carbocycles. The van der Waals surface area contributed by atoms with Gasteiger partial charge in [-0.1, -0.05) is 29.3 Å². The molecule has 0 aliphatic heterocycles. The molecule has 96 valence electrons. The van der Waals surface area contributed by atoms with Crippen LogP contribution in [0.1, 0.15) is 17.3 Å². The Labute approximate surface area is 116 Å². The van der Waals surface area contributed by atoms with Gasteiger partial charge < -0.3 is 5.73 Å². The van der Waals surface area contributed by atoms with Crippen LogP contribution >= 0.6 is 23.4 Å². The number of rotatable bonds is 4. The summed E-state index contributed by atoms with van der Waals surface area (Å²) in [4.78, 5) is 1.22. The standard InChI is InChI=1S/C13H16ClN3S/c1-9-3-5-10(6-4-9)18-8-12(15)13-11(14)7-16-17(13)2/h3-7,12H,8,15H2,1-2H3. The van der Waals surface area contributed by atoms with Crippen molar-refractivity contribution in [2.45, 2.75) is 17.9 Å². The molecule has 2 aromatic rings. The van der Waals surface area contributed by atoms with Gasteiger partial charge in [-0.05, 0) is 19.1 Å². The molecule has 1 aromatic carbocycles. The Bertz CT molecular complexity index is 502. The fraction of sp³-hybridized carbons (Fsp3) is 0.308. The van der Waals surface area contributed by atoms with Gasteiger partial charge in [-0.2, -0.15) is 5.10 Å². The monoisotopic (exact) mass is 281 g/mol. The highest BCUT2D eigenvalue weighted by Crippen LogP contribution is 2.27. The molecule has 5 heteroatoms. The molecule has 0 radical (unpaired) electrons. The van der Waals surface area contributed by atoms with Gasteiger partial charge in [-0.3, -0.25) is 4.68 Å². The van der Waals surface area contributed by atoms with E-state index in [4.69, 9.17) is 17.3 Å². The van der Waals surface area contributed by atoms with Crippen LogP contribution in [0.4, 0.5) is 0 Å². The minimum absolute atomic E-state index is 0.115. The third-order valence-corrected chi connectivity index (χ3v) is 4.16. The van der Waals surface area contributed by atoms with Gasteiger partial charge in [0.2, 0.25) is 0 Å². The van der Waals surface area contributed by atoms with Crippen LogP contribution < -0.4 is 5.73 Å². The Morgan fingerprint density at radius 1 is 1.39 bits per heavy atom. The molecule has 0 saturated heterocycles. The fourth-order valence-corrected chi connectivity index (χ4v) is 2.90. The first-order valence-corrected chi connectivity index (χ1v) is 7.06. The predicted octanol–water partition coefficient (Wildman–Crippen LogP) is 3.17. The molecule has 3 nitrogen and oxygen atoms in total. The molecule has 0 aliphatic rings. The maximum atomic E-state index is 6.15. The van der Waals surface area contributed by atoms with E-state index in [9.17, 15) is 0 Å². The van der Waals surface area contributed by atoms with Gasteiger partial charge in [-0.15, -0.1) is 11.8 Å². The van der Waals surface area contributed by atoms with Gasteiger partial charge in [0, 0.05) is 17.7 Å². The number of halogens is 1. The SMILES string of the molecule is Cc1ccc(SCC(N)c2c(Cl)cnn2C)cc1. The maximum Gasteiger partial charge on any atom is 0.0834 e. The molecule has 0 fully saturated rings. The van der Waals surface area contributed by atoms with E-state index in [0.717, 1.165) is 11.4 Å². The van der Waals surface area contributed by atoms with E-state index < -0.39 is 0 Å². The van der Waals surface area contributed by atoms with Crippen LogP contribution in [0.2, 0.25) is 5.02 Å². The largest absolute Gasteiger partial charge is 0.322 e. The zero-order valence-corrected chi connectivity index (χ0v) is 12.0. The van der Waals surface area contributed by atoms with Gasteiger partial charge in [0.15, 0.2) is 0 Å². The highest BCUT2D eigenvalue weighted by Gasteiger charge is 2.15. The van der Waals surface area contributed by atoms with Gasteiger partial charge in [0.05, 0.1) is 23.0 Å². The molecule has 1 atom stereocenters. The molecule has 0 amide bonds. The van der Waals surface area contributed by atoms with Crippen molar-refractivity contribution in [3.8, 4) is 0 Å². The smallest absolute Gasteiger partial charge is 0.0834 e. The first-order chi connectivity index (χ1) is 8.58. The van der Waals surface area contributed by atoms with Crippen LogP contribution in [0.3, 0.4) is 0 Å². The summed E-state index contributed by atoms with van der Waals surface area (Å²) in [6.45, 7) is 2.08. The van der Waals surface area contributed by atoms with E-state index in [0.29, 0.717) is 5.02 Å². The molecular weight excluding hydrogens is 266 g/mol. The van der Waals surface area contributed by atoms with Gasteiger partial charge in [-0.25, -0.2) is 0 Å². The van der Waals surface area contributed by atoms with Gasteiger partial charge in [0.1, 0.15) is 0 Å². The lowest BCUT2D eigenvalue weighted by atomic mass is 10.2. The second-order valence-electron chi connectivity index (χ2n) is 4.23. The molecule has 18 heavy (non-hydrogen) atoms.